The molecule has 0 heterocycles. The molecule has 0 aliphatic carbocycles. The molecule has 0 aliphatic heterocycles. The van der Waals surface area contributed by atoms with Crippen molar-refractivity contribution in [3.8, 4) is 0 Å². The van der Waals surface area contributed by atoms with Gasteiger partial charge in [-0.2, -0.15) is 0 Å². The Bertz CT molecular complexity index is 381. The standard InChI is InChI=1S/C13H17Br2NO/c1-3-10-7-5-6-8-12(10)16(9-14)13(17)11(15)4-2/h5-8,11H,3-4,9H2,1-2H3. The second-order valence-corrected chi connectivity index (χ2v) is 5.35. The van der Waals surface area contributed by atoms with E-state index in [0.29, 0.717) is 5.45 Å². The Balaban J connectivity index is 3.05. The highest BCUT2D eigenvalue weighted by Crippen LogP contribution is 2.24. The van der Waals surface area contributed by atoms with Gasteiger partial charge in [-0.05, 0) is 24.5 Å². The van der Waals surface area contributed by atoms with E-state index in [1.807, 2.05) is 25.1 Å². The molecule has 0 saturated heterocycles. The fourth-order valence-corrected chi connectivity index (χ4v) is 2.42. The summed E-state index contributed by atoms with van der Waals surface area (Å²) in [6, 6.07) is 8.03. The highest BCUT2D eigenvalue weighted by Gasteiger charge is 2.22. The van der Waals surface area contributed by atoms with Crippen LogP contribution >= 0.6 is 31.9 Å². The van der Waals surface area contributed by atoms with Gasteiger partial charge in [0, 0.05) is 5.69 Å². The van der Waals surface area contributed by atoms with Crippen LogP contribution in [0.25, 0.3) is 0 Å². The number of anilines is 1. The summed E-state index contributed by atoms with van der Waals surface area (Å²) in [5.74, 6) is 0.102. The van der Waals surface area contributed by atoms with Crippen LogP contribution in [0.2, 0.25) is 0 Å². The van der Waals surface area contributed by atoms with Crippen molar-refractivity contribution in [1.82, 2.24) is 0 Å². The van der Waals surface area contributed by atoms with Crippen LogP contribution in [0.1, 0.15) is 25.8 Å². The molecule has 1 aromatic rings. The Morgan fingerprint density at radius 3 is 2.53 bits per heavy atom. The van der Waals surface area contributed by atoms with Crippen LogP contribution in [0.4, 0.5) is 5.69 Å². The lowest BCUT2D eigenvalue weighted by molar-refractivity contribution is -0.117. The number of amides is 1. The summed E-state index contributed by atoms with van der Waals surface area (Å²) >= 11 is 6.81. The van der Waals surface area contributed by atoms with Gasteiger partial charge in [-0.1, -0.05) is 63.9 Å². The molecule has 0 N–H and O–H groups in total. The molecule has 0 fully saturated rings. The molecule has 94 valence electrons. The fraction of sp³-hybridized carbons (Fsp3) is 0.462. The van der Waals surface area contributed by atoms with Crippen molar-refractivity contribution >= 4 is 43.5 Å². The van der Waals surface area contributed by atoms with Gasteiger partial charge in [0.1, 0.15) is 0 Å². The van der Waals surface area contributed by atoms with E-state index < -0.39 is 0 Å². The van der Waals surface area contributed by atoms with Crippen LogP contribution in [0.5, 0.6) is 0 Å². The monoisotopic (exact) mass is 361 g/mol. The molecule has 0 bridgehead atoms. The van der Waals surface area contributed by atoms with Crippen LogP contribution in [-0.2, 0) is 11.2 Å². The summed E-state index contributed by atoms with van der Waals surface area (Å²) in [7, 11) is 0. The van der Waals surface area contributed by atoms with Crippen molar-refractivity contribution in [2.24, 2.45) is 0 Å². The molecule has 0 spiro atoms. The highest BCUT2D eigenvalue weighted by molar-refractivity contribution is 9.10. The molecule has 1 rings (SSSR count). The van der Waals surface area contributed by atoms with Gasteiger partial charge in [-0.3, -0.25) is 4.79 Å². The minimum atomic E-state index is -0.120. The Labute approximate surface area is 120 Å². The Kier molecular flexibility index (Phi) is 6.20. The number of hydrogen-bond acceptors (Lipinski definition) is 1. The van der Waals surface area contributed by atoms with Gasteiger partial charge in [-0.25, -0.2) is 0 Å². The average Bonchev–Trinajstić information content (AvgIpc) is 2.39. The van der Waals surface area contributed by atoms with E-state index in [-0.39, 0.29) is 10.7 Å². The topological polar surface area (TPSA) is 20.3 Å². The molecule has 2 nitrogen and oxygen atoms in total. The van der Waals surface area contributed by atoms with Crippen molar-refractivity contribution in [2.45, 2.75) is 31.5 Å². The maximum atomic E-state index is 12.2. The lowest BCUT2D eigenvalue weighted by Gasteiger charge is -2.24. The third-order valence-electron chi connectivity index (χ3n) is 2.68. The van der Waals surface area contributed by atoms with E-state index in [0.717, 1.165) is 18.5 Å². The van der Waals surface area contributed by atoms with E-state index in [9.17, 15) is 4.79 Å². The van der Waals surface area contributed by atoms with Gasteiger partial charge in [0.2, 0.25) is 5.91 Å². The lowest BCUT2D eigenvalue weighted by atomic mass is 10.1. The molecule has 17 heavy (non-hydrogen) atoms. The average molecular weight is 363 g/mol. The van der Waals surface area contributed by atoms with Gasteiger partial charge in [0.05, 0.1) is 10.3 Å². The number of halogens is 2. The molecular formula is C13H17Br2NO. The first-order valence-corrected chi connectivity index (χ1v) is 7.78. The minimum absolute atomic E-state index is 0.102. The maximum absolute atomic E-state index is 12.2. The molecule has 1 amide bonds. The zero-order chi connectivity index (χ0) is 12.8. The summed E-state index contributed by atoms with van der Waals surface area (Å²) in [6.07, 6.45) is 1.71. The predicted octanol–water partition coefficient (Wildman–Crippen LogP) is 4.11. The third kappa shape index (κ3) is 3.55. The molecule has 1 atom stereocenters. The van der Waals surface area contributed by atoms with Gasteiger partial charge in [-0.15, -0.1) is 0 Å². The molecule has 1 aromatic carbocycles. The summed E-state index contributed by atoms with van der Waals surface area (Å²) in [5.41, 5.74) is 2.70. The Hall–Kier alpha value is -0.350. The largest absolute Gasteiger partial charge is 0.301 e. The number of benzene rings is 1. The van der Waals surface area contributed by atoms with Crippen LogP contribution in [0.3, 0.4) is 0 Å². The van der Waals surface area contributed by atoms with Crippen LogP contribution in [0.15, 0.2) is 24.3 Å². The van der Waals surface area contributed by atoms with Crippen molar-refractivity contribution < 1.29 is 4.79 Å². The molecule has 0 aliphatic rings. The first-order valence-electron chi connectivity index (χ1n) is 5.75. The first-order chi connectivity index (χ1) is 8.15. The van der Waals surface area contributed by atoms with Crippen LogP contribution < -0.4 is 4.90 Å². The van der Waals surface area contributed by atoms with E-state index in [2.05, 4.69) is 44.8 Å². The fourth-order valence-electron chi connectivity index (χ4n) is 1.66. The van der Waals surface area contributed by atoms with E-state index >= 15 is 0 Å². The molecule has 0 saturated carbocycles. The van der Waals surface area contributed by atoms with Gasteiger partial charge in [0.25, 0.3) is 0 Å². The molecule has 0 aromatic heterocycles. The van der Waals surface area contributed by atoms with E-state index in [1.54, 1.807) is 4.90 Å². The second kappa shape index (κ2) is 7.17. The number of rotatable bonds is 5. The first kappa shape index (κ1) is 14.7. The number of alkyl halides is 2. The van der Waals surface area contributed by atoms with E-state index in [4.69, 9.17) is 0 Å². The SMILES string of the molecule is CCc1ccccc1N(CBr)C(=O)C(Br)CC. The number of nitrogens with zero attached hydrogens (tertiary/aromatic N) is 1. The summed E-state index contributed by atoms with van der Waals surface area (Å²) < 4.78 is 0. The second-order valence-electron chi connectivity index (χ2n) is 3.74. The van der Waals surface area contributed by atoms with Crippen molar-refractivity contribution in [2.75, 3.05) is 10.4 Å². The molecule has 4 heteroatoms. The van der Waals surface area contributed by atoms with E-state index in [1.165, 1.54) is 5.56 Å². The molecular weight excluding hydrogens is 346 g/mol. The van der Waals surface area contributed by atoms with Crippen molar-refractivity contribution in [3.63, 3.8) is 0 Å². The summed E-state index contributed by atoms with van der Waals surface area (Å²) in [5, 5.41) is 0. The number of para-hydroxylation sites is 1. The lowest BCUT2D eigenvalue weighted by Crippen LogP contribution is -2.36. The Morgan fingerprint density at radius 2 is 2.00 bits per heavy atom. The number of carbonyl (C=O) groups excluding carboxylic acids is 1. The normalized spacial score (nSPS) is 12.2. The molecule has 0 radical (unpaired) electrons. The van der Waals surface area contributed by atoms with Gasteiger partial charge >= 0.3 is 0 Å². The zero-order valence-electron chi connectivity index (χ0n) is 10.1. The summed E-state index contributed by atoms with van der Waals surface area (Å²) in [6.45, 7) is 4.09. The van der Waals surface area contributed by atoms with Crippen LogP contribution in [0, 0.1) is 0 Å². The summed E-state index contributed by atoms with van der Waals surface area (Å²) in [4.78, 5) is 13.9. The maximum Gasteiger partial charge on any atom is 0.241 e. The van der Waals surface area contributed by atoms with Crippen molar-refractivity contribution in [3.05, 3.63) is 29.8 Å². The van der Waals surface area contributed by atoms with Crippen LogP contribution in [-0.4, -0.2) is 16.2 Å². The number of hydrogen-bond donors (Lipinski definition) is 0. The quantitative estimate of drug-likeness (QED) is 0.570. The molecule has 1 unspecified atom stereocenters. The minimum Gasteiger partial charge on any atom is -0.301 e. The van der Waals surface area contributed by atoms with Gasteiger partial charge in [0.15, 0.2) is 0 Å². The third-order valence-corrected chi connectivity index (χ3v) is 4.22. The zero-order valence-corrected chi connectivity index (χ0v) is 13.3. The van der Waals surface area contributed by atoms with Gasteiger partial charge < -0.3 is 4.90 Å². The smallest absolute Gasteiger partial charge is 0.241 e. The Morgan fingerprint density at radius 1 is 1.35 bits per heavy atom. The number of carbonyl (C=O) groups is 1. The highest BCUT2D eigenvalue weighted by atomic mass is 79.9. The van der Waals surface area contributed by atoms with Crippen molar-refractivity contribution in [1.29, 1.82) is 0 Å². The number of aryl methyl sites for hydroxylation is 1. The predicted molar refractivity (Wildman–Crippen MR) is 80.1 cm³/mol.